The van der Waals surface area contributed by atoms with Gasteiger partial charge in [-0.1, -0.05) is 35.9 Å². The Hall–Kier alpha value is -4.20. The molecule has 0 radical (unpaired) electrons. The predicted octanol–water partition coefficient (Wildman–Crippen LogP) is 5.74. The van der Waals surface area contributed by atoms with Crippen molar-refractivity contribution in [1.82, 2.24) is 9.88 Å². The summed E-state index contributed by atoms with van der Waals surface area (Å²) in [7, 11) is 5.67. The van der Waals surface area contributed by atoms with Crippen molar-refractivity contribution in [3.8, 4) is 0 Å². The van der Waals surface area contributed by atoms with Gasteiger partial charge in [0.1, 0.15) is 0 Å². The number of carbonyl (C=O) groups excluding carboxylic acids is 2. The summed E-state index contributed by atoms with van der Waals surface area (Å²) < 4.78 is 0. The molecule has 2 heterocycles. The van der Waals surface area contributed by atoms with Crippen LogP contribution in [0.3, 0.4) is 0 Å². The van der Waals surface area contributed by atoms with Crippen LogP contribution in [-0.2, 0) is 9.59 Å². The van der Waals surface area contributed by atoms with Gasteiger partial charge >= 0.3 is 0 Å². The molecule has 192 valence electrons. The predicted molar refractivity (Wildman–Crippen MR) is 155 cm³/mol. The first-order valence-electron chi connectivity index (χ1n) is 12.3. The third-order valence-electron chi connectivity index (χ3n) is 6.54. The highest BCUT2D eigenvalue weighted by molar-refractivity contribution is 6.38. The van der Waals surface area contributed by atoms with E-state index in [0.29, 0.717) is 34.9 Å². The molecule has 0 saturated heterocycles. The molecular formula is C30H28ClN5O2. The van der Waals surface area contributed by atoms with Gasteiger partial charge in [0.2, 0.25) is 5.91 Å². The number of amides is 2. The lowest BCUT2D eigenvalue weighted by molar-refractivity contribution is -0.118. The minimum atomic E-state index is -0.214. The van der Waals surface area contributed by atoms with Crippen LogP contribution in [0.1, 0.15) is 17.5 Å². The van der Waals surface area contributed by atoms with Crippen molar-refractivity contribution in [2.45, 2.75) is 6.42 Å². The fourth-order valence-electron chi connectivity index (χ4n) is 4.44. The maximum Gasteiger partial charge on any atom is 0.258 e. The Morgan fingerprint density at radius 3 is 2.55 bits per heavy atom. The molecular weight excluding hydrogens is 498 g/mol. The number of rotatable bonds is 7. The summed E-state index contributed by atoms with van der Waals surface area (Å²) in [6.45, 7) is 0.690. The van der Waals surface area contributed by atoms with E-state index < -0.39 is 0 Å². The molecule has 0 atom stereocenters. The van der Waals surface area contributed by atoms with Gasteiger partial charge in [-0.25, -0.2) is 0 Å². The van der Waals surface area contributed by atoms with Gasteiger partial charge in [-0.3, -0.25) is 14.6 Å². The molecule has 0 bridgehead atoms. The summed E-state index contributed by atoms with van der Waals surface area (Å²) in [5, 5.41) is 7.96. The van der Waals surface area contributed by atoms with Crippen molar-refractivity contribution in [3.63, 3.8) is 0 Å². The number of anilines is 3. The Labute approximate surface area is 226 Å². The smallest absolute Gasteiger partial charge is 0.258 e. The molecule has 0 fully saturated rings. The third-order valence-corrected chi connectivity index (χ3v) is 6.78. The average Bonchev–Trinajstić information content (AvgIpc) is 3.24. The lowest BCUT2D eigenvalue weighted by atomic mass is 9.99. The van der Waals surface area contributed by atoms with E-state index in [4.69, 9.17) is 11.6 Å². The van der Waals surface area contributed by atoms with Crippen molar-refractivity contribution in [2.24, 2.45) is 0 Å². The normalized spacial score (nSPS) is 13.9. The van der Waals surface area contributed by atoms with Crippen molar-refractivity contribution < 1.29 is 9.59 Å². The molecule has 2 N–H and O–H groups in total. The summed E-state index contributed by atoms with van der Waals surface area (Å²) in [6.07, 6.45) is 2.19. The van der Waals surface area contributed by atoms with Crippen LogP contribution < -0.4 is 15.5 Å². The number of hydrogen-bond donors (Lipinski definition) is 2. The van der Waals surface area contributed by atoms with E-state index in [1.165, 1.54) is 0 Å². The number of halogens is 1. The van der Waals surface area contributed by atoms with Crippen molar-refractivity contribution >= 4 is 62.7 Å². The number of hydrogen-bond acceptors (Lipinski definition) is 5. The van der Waals surface area contributed by atoms with Crippen molar-refractivity contribution in [3.05, 3.63) is 95.1 Å². The van der Waals surface area contributed by atoms with E-state index in [2.05, 4.69) is 15.6 Å². The standard InChI is InChI=1S/C30H28ClN5O2/c1-35(2)16-14-27(37)36(3)23-11-9-22(10-12-23)33-29(20-7-6-19-5-4-15-32-25(19)17-20)28-24-13-8-21(31)18-26(24)34-30(28)38/h4-13,15,17-18,33H,14,16H2,1-3H3,(H,34,38)/b29-28-. The molecule has 1 aliphatic heterocycles. The van der Waals surface area contributed by atoms with Gasteiger partial charge in [0, 0.05) is 59.1 Å². The SMILES string of the molecule is CN(C)CCC(=O)N(C)c1ccc(N/C(=C2\C(=O)Nc3cc(Cl)ccc32)c2ccc3cccnc3c2)cc1. The van der Waals surface area contributed by atoms with Gasteiger partial charge in [0.15, 0.2) is 0 Å². The first-order chi connectivity index (χ1) is 18.3. The topological polar surface area (TPSA) is 77.6 Å². The summed E-state index contributed by atoms with van der Waals surface area (Å²) in [5.74, 6) is -0.169. The monoisotopic (exact) mass is 525 g/mol. The number of carbonyl (C=O) groups is 2. The van der Waals surface area contributed by atoms with Crippen LogP contribution in [-0.4, -0.2) is 49.4 Å². The minimum absolute atomic E-state index is 0.0452. The highest BCUT2D eigenvalue weighted by Crippen LogP contribution is 2.39. The molecule has 3 aromatic carbocycles. The summed E-state index contributed by atoms with van der Waals surface area (Å²) in [4.78, 5) is 33.9. The van der Waals surface area contributed by atoms with Gasteiger partial charge in [-0.15, -0.1) is 0 Å². The molecule has 1 aromatic heterocycles. The van der Waals surface area contributed by atoms with Crippen LogP contribution in [0.4, 0.5) is 17.1 Å². The van der Waals surface area contributed by atoms with Gasteiger partial charge in [-0.05, 0) is 62.6 Å². The molecule has 0 aliphatic carbocycles. The summed E-state index contributed by atoms with van der Waals surface area (Å²) in [5.41, 5.74) is 5.84. The highest BCUT2D eigenvalue weighted by atomic mass is 35.5. The van der Waals surface area contributed by atoms with E-state index >= 15 is 0 Å². The van der Waals surface area contributed by atoms with Crippen molar-refractivity contribution in [2.75, 3.05) is 43.2 Å². The number of benzene rings is 3. The lowest BCUT2D eigenvalue weighted by Gasteiger charge is -2.20. The fourth-order valence-corrected chi connectivity index (χ4v) is 4.61. The molecule has 7 nitrogen and oxygen atoms in total. The van der Waals surface area contributed by atoms with Gasteiger partial charge in [0.05, 0.1) is 22.5 Å². The Kier molecular flexibility index (Phi) is 7.13. The number of fused-ring (bicyclic) bond motifs is 2. The zero-order chi connectivity index (χ0) is 26.8. The van der Waals surface area contributed by atoms with Gasteiger partial charge in [0.25, 0.3) is 5.91 Å². The molecule has 0 saturated carbocycles. The molecule has 0 unspecified atom stereocenters. The zero-order valence-corrected chi connectivity index (χ0v) is 22.2. The van der Waals surface area contributed by atoms with Crippen molar-refractivity contribution in [1.29, 1.82) is 0 Å². The third kappa shape index (κ3) is 5.25. The molecule has 38 heavy (non-hydrogen) atoms. The maximum atomic E-state index is 13.2. The molecule has 0 spiro atoms. The summed E-state index contributed by atoms with van der Waals surface area (Å²) >= 11 is 6.19. The molecule has 1 aliphatic rings. The molecule has 8 heteroatoms. The Morgan fingerprint density at radius 1 is 1.00 bits per heavy atom. The van der Waals surface area contributed by atoms with Gasteiger partial charge in [-0.2, -0.15) is 0 Å². The second-order valence-corrected chi connectivity index (χ2v) is 9.92. The fraction of sp³-hybridized carbons (Fsp3) is 0.167. The van der Waals surface area contributed by atoms with Crippen LogP contribution in [0.25, 0.3) is 22.2 Å². The van der Waals surface area contributed by atoms with E-state index in [0.717, 1.165) is 33.4 Å². The van der Waals surface area contributed by atoms with E-state index in [-0.39, 0.29) is 11.8 Å². The lowest BCUT2D eigenvalue weighted by Crippen LogP contribution is -2.29. The number of pyridine rings is 1. The Bertz CT molecular complexity index is 1560. The quantitative estimate of drug-likeness (QED) is 0.301. The number of aromatic nitrogens is 1. The Morgan fingerprint density at radius 2 is 1.79 bits per heavy atom. The zero-order valence-electron chi connectivity index (χ0n) is 21.5. The number of nitrogens with one attached hydrogen (secondary N) is 2. The molecule has 2 amide bonds. The van der Waals surface area contributed by atoms with Crippen LogP contribution in [0.5, 0.6) is 0 Å². The van der Waals surface area contributed by atoms with Crippen LogP contribution in [0.15, 0.2) is 79.0 Å². The van der Waals surface area contributed by atoms with E-state index in [9.17, 15) is 9.59 Å². The average molecular weight is 526 g/mol. The second kappa shape index (κ2) is 10.7. The largest absolute Gasteiger partial charge is 0.354 e. The first kappa shape index (κ1) is 25.4. The summed E-state index contributed by atoms with van der Waals surface area (Å²) in [6, 6.07) is 22.8. The van der Waals surface area contributed by atoms with Crippen LogP contribution >= 0.6 is 11.6 Å². The molecule has 4 aromatic rings. The van der Waals surface area contributed by atoms with E-state index in [1.807, 2.05) is 79.7 Å². The van der Waals surface area contributed by atoms with E-state index in [1.54, 1.807) is 30.3 Å². The van der Waals surface area contributed by atoms with Gasteiger partial charge < -0.3 is 20.4 Å². The highest BCUT2D eigenvalue weighted by Gasteiger charge is 2.29. The second-order valence-electron chi connectivity index (χ2n) is 9.48. The Balaban J connectivity index is 1.53. The van der Waals surface area contributed by atoms with Crippen LogP contribution in [0, 0.1) is 0 Å². The maximum absolute atomic E-state index is 13.2. The minimum Gasteiger partial charge on any atom is -0.354 e. The molecule has 5 rings (SSSR count). The first-order valence-corrected chi connectivity index (χ1v) is 12.7. The number of nitrogens with zero attached hydrogens (tertiary/aromatic N) is 3. The van der Waals surface area contributed by atoms with Crippen LogP contribution in [0.2, 0.25) is 5.02 Å².